The molecule has 0 spiro atoms. The molecule has 0 heterocycles. The van der Waals surface area contributed by atoms with Gasteiger partial charge in [0.05, 0.1) is 6.10 Å². The molecule has 1 radical (unpaired) electrons. The molecule has 1 aromatic carbocycles. The van der Waals surface area contributed by atoms with Crippen molar-refractivity contribution < 1.29 is 14.3 Å². The zero-order valence-corrected chi connectivity index (χ0v) is 7.74. The second-order valence-electron chi connectivity index (χ2n) is 3.17. The first kappa shape index (κ1) is 10.9. The molecule has 0 unspecified atom stereocenters. The summed E-state index contributed by atoms with van der Waals surface area (Å²) >= 11 is 0. The van der Waals surface area contributed by atoms with E-state index in [9.17, 15) is 14.3 Å². The fraction of sp³-hybridized carbons (Fsp3) is 0.364. The molecule has 2 nitrogen and oxygen atoms in total. The van der Waals surface area contributed by atoms with Gasteiger partial charge in [-0.3, -0.25) is 4.79 Å². The van der Waals surface area contributed by atoms with Crippen molar-refractivity contribution in [2.24, 2.45) is 0 Å². The summed E-state index contributed by atoms with van der Waals surface area (Å²) in [6.07, 6.45) is 2.20. The number of rotatable bonds is 5. The maximum absolute atomic E-state index is 12.5. The highest BCUT2D eigenvalue weighted by Gasteiger charge is 2.03. The Bertz CT molecular complexity index is 282. The smallest absolute Gasteiger partial charge is 0.201 e. The Balaban J connectivity index is 2.37. The summed E-state index contributed by atoms with van der Waals surface area (Å²) in [5.74, 6) is -0.268. The van der Waals surface area contributed by atoms with Gasteiger partial charge in [0.1, 0.15) is 5.82 Å². The maximum atomic E-state index is 12.5. The number of hydrogen-bond donors (Lipinski definition) is 1. The van der Waals surface area contributed by atoms with E-state index in [1.807, 2.05) is 0 Å². The molecule has 0 aromatic heterocycles. The van der Waals surface area contributed by atoms with Crippen molar-refractivity contribution in [3.63, 3.8) is 0 Å². The van der Waals surface area contributed by atoms with Crippen molar-refractivity contribution in [1.82, 2.24) is 0 Å². The van der Waals surface area contributed by atoms with E-state index in [4.69, 9.17) is 0 Å². The van der Waals surface area contributed by atoms with Crippen molar-refractivity contribution in [2.75, 3.05) is 0 Å². The fourth-order valence-electron chi connectivity index (χ4n) is 1.18. The zero-order chi connectivity index (χ0) is 10.4. The lowest BCUT2D eigenvalue weighted by molar-refractivity contribution is 0.171. The highest BCUT2D eigenvalue weighted by molar-refractivity contribution is 5.51. The lowest BCUT2D eigenvalue weighted by Gasteiger charge is -2.05. The summed E-state index contributed by atoms with van der Waals surface area (Å²) in [5.41, 5.74) is 0.955. The Morgan fingerprint density at radius 1 is 1.36 bits per heavy atom. The molecule has 1 N–H and O–H groups in total. The molecule has 75 valence electrons. The molecule has 1 aromatic rings. The molecule has 0 saturated carbocycles. The summed E-state index contributed by atoms with van der Waals surface area (Å²) in [5, 5.41) is 9.23. The summed E-state index contributed by atoms with van der Waals surface area (Å²) in [7, 11) is 0. The van der Waals surface area contributed by atoms with Gasteiger partial charge in [0, 0.05) is 6.42 Å². The topological polar surface area (TPSA) is 37.3 Å². The van der Waals surface area contributed by atoms with Crippen LogP contribution in [0.2, 0.25) is 0 Å². The second-order valence-corrected chi connectivity index (χ2v) is 3.17. The van der Waals surface area contributed by atoms with Gasteiger partial charge in [0.2, 0.25) is 6.29 Å². The first-order valence-corrected chi connectivity index (χ1v) is 4.50. The summed E-state index contributed by atoms with van der Waals surface area (Å²) in [4.78, 5) is 9.94. The molecule has 0 saturated heterocycles. The summed E-state index contributed by atoms with van der Waals surface area (Å²) in [6, 6.07) is 6.11. The van der Waals surface area contributed by atoms with Crippen LogP contribution in [-0.2, 0) is 11.2 Å². The lowest BCUT2D eigenvalue weighted by atomic mass is 10.1. The van der Waals surface area contributed by atoms with Crippen molar-refractivity contribution in [3.05, 3.63) is 35.6 Å². The Labute approximate surface area is 82.4 Å². The highest BCUT2D eigenvalue weighted by atomic mass is 19.1. The number of aryl methyl sites for hydroxylation is 1. The summed E-state index contributed by atoms with van der Waals surface area (Å²) < 4.78 is 12.5. The van der Waals surface area contributed by atoms with E-state index < -0.39 is 6.10 Å². The average molecular weight is 195 g/mol. The number of benzene rings is 1. The predicted molar refractivity (Wildman–Crippen MR) is 51.0 cm³/mol. The van der Waals surface area contributed by atoms with E-state index in [2.05, 4.69) is 0 Å². The standard InChI is InChI=1S/C11H12FO2/c12-10-4-1-9(2-5-10)3-6-11(14)7-8-13/h1-2,4-5,11,14H,3,6-7H2/t11-/m1/s1. The van der Waals surface area contributed by atoms with E-state index in [0.29, 0.717) is 12.8 Å². The van der Waals surface area contributed by atoms with Gasteiger partial charge in [0.25, 0.3) is 0 Å². The molecule has 0 aliphatic rings. The average Bonchev–Trinajstić information content (AvgIpc) is 2.17. The quantitative estimate of drug-likeness (QED) is 0.775. The first-order valence-electron chi connectivity index (χ1n) is 4.50. The van der Waals surface area contributed by atoms with E-state index >= 15 is 0 Å². The van der Waals surface area contributed by atoms with Crippen molar-refractivity contribution >= 4 is 6.29 Å². The normalized spacial score (nSPS) is 12.4. The van der Waals surface area contributed by atoms with Gasteiger partial charge in [-0.2, -0.15) is 0 Å². The molecule has 14 heavy (non-hydrogen) atoms. The van der Waals surface area contributed by atoms with Gasteiger partial charge >= 0.3 is 0 Å². The van der Waals surface area contributed by atoms with E-state index in [1.54, 1.807) is 18.4 Å². The maximum Gasteiger partial charge on any atom is 0.201 e. The van der Waals surface area contributed by atoms with Crippen molar-refractivity contribution in [1.29, 1.82) is 0 Å². The predicted octanol–water partition coefficient (Wildman–Crippen LogP) is 1.62. The van der Waals surface area contributed by atoms with Crippen LogP contribution in [0.25, 0.3) is 0 Å². The van der Waals surface area contributed by atoms with Gasteiger partial charge < -0.3 is 5.11 Å². The van der Waals surface area contributed by atoms with Gasteiger partial charge in [-0.15, -0.1) is 0 Å². The minimum absolute atomic E-state index is 0.0429. The van der Waals surface area contributed by atoms with Crippen molar-refractivity contribution in [2.45, 2.75) is 25.4 Å². The number of carbonyl (C=O) groups excluding carboxylic acids is 1. The SMILES string of the molecule is O=[C]C[C@H](O)CCc1ccc(F)cc1. The number of hydrogen-bond acceptors (Lipinski definition) is 2. The summed E-state index contributed by atoms with van der Waals surface area (Å²) in [6.45, 7) is 0. The van der Waals surface area contributed by atoms with Gasteiger partial charge in [-0.05, 0) is 30.5 Å². The molecule has 0 aliphatic carbocycles. The molecule has 1 atom stereocenters. The van der Waals surface area contributed by atoms with Crippen LogP contribution in [-0.4, -0.2) is 17.5 Å². The number of aliphatic hydroxyl groups is 1. The van der Waals surface area contributed by atoms with Crippen LogP contribution in [0.3, 0.4) is 0 Å². The van der Waals surface area contributed by atoms with Crippen molar-refractivity contribution in [3.8, 4) is 0 Å². The van der Waals surface area contributed by atoms with E-state index in [1.165, 1.54) is 12.1 Å². The fourth-order valence-corrected chi connectivity index (χ4v) is 1.18. The van der Waals surface area contributed by atoms with Crippen LogP contribution in [0.1, 0.15) is 18.4 Å². The minimum Gasteiger partial charge on any atom is -0.393 e. The third-order valence-electron chi connectivity index (χ3n) is 2.00. The first-order chi connectivity index (χ1) is 6.72. The Kier molecular flexibility index (Phi) is 4.26. The van der Waals surface area contributed by atoms with Crippen LogP contribution < -0.4 is 0 Å². The third-order valence-corrected chi connectivity index (χ3v) is 2.00. The molecular weight excluding hydrogens is 183 g/mol. The Hall–Kier alpha value is -1.22. The zero-order valence-electron chi connectivity index (χ0n) is 7.74. The molecular formula is C11H12FO2. The molecule has 3 heteroatoms. The molecule has 0 aliphatic heterocycles. The molecule has 0 amide bonds. The third kappa shape index (κ3) is 3.66. The molecule has 1 rings (SSSR count). The van der Waals surface area contributed by atoms with Crippen LogP contribution in [0.15, 0.2) is 24.3 Å². The van der Waals surface area contributed by atoms with Crippen LogP contribution in [0.5, 0.6) is 0 Å². The van der Waals surface area contributed by atoms with Gasteiger partial charge in [0.15, 0.2) is 0 Å². The monoisotopic (exact) mass is 195 g/mol. The van der Waals surface area contributed by atoms with E-state index in [0.717, 1.165) is 5.56 Å². The lowest BCUT2D eigenvalue weighted by Crippen LogP contribution is -2.08. The molecule has 0 bridgehead atoms. The van der Waals surface area contributed by atoms with Gasteiger partial charge in [-0.25, -0.2) is 4.39 Å². The number of halogens is 1. The Morgan fingerprint density at radius 2 is 2.00 bits per heavy atom. The van der Waals surface area contributed by atoms with Crippen LogP contribution in [0, 0.1) is 5.82 Å². The number of aliphatic hydroxyl groups excluding tert-OH is 1. The van der Waals surface area contributed by atoms with Crippen LogP contribution >= 0.6 is 0 Å². The highest BCUT2D eigenvalue weighted by Crippen LogP contribution is 2.07. The Morgan fingerprint density at radius 3 is 2.57 bits per heavy atom. The molecule has 0 fully saturated rings. The largest absolute Gasteiger partial charge is 0.393 e. The van der Waals surface area contributed by atoms with Gasteiger partial charge in [-0.1, -0.05) is 12.1 Å². The van der Waals surface area contributed by atoms with Crippen LogP contribution in [0.4, 0.5) is 4.39 Å². The minimum atomic E-state index is -0.641. The second kappa shape index (κ2) is 5.50. The van der Waals surface area contributed by atoms with E-state index in [-0.39, 0.29) is 12.2 Å².